The van der Waals surface area contributed by atoms with Crippen LogP contribution in [0.15, 0.2) is 54.6 Å². The van der Waals surface area contributed by atoms with Crippen LogP contribution in [-0.4, -0.2) is 41.4 Å². The van der Waals surface area contributed by atoms with Crippen molar-refractivity contribution in [2.24, 2.45) is 0 Å². The Morgan fingerprint density at radius 2 is 1.34 bits per heavy atom. The van der Waals surface area contributed by atoms with Crippen molar-refractivity contribution in [2.75, 3.05) is 13.7 Å². The van der Waals surface area contributed by atoms with Gasteiger partial charge in [0.2, 0.25) is 0 Å². The third-order valence-corrected chi connectivity index (χ3v) is 7.19. The highest BCUT2D eigenvalue weighted by Crippen LogP contribution is 2.45. The molecule has 0 saturated heterocycles. The highest BCUT2D eigenvalue weighted by Gasteiger charge is 2.33. The van der Waals surface area contributed by atoms with Crippen molar-refractivity contribution in [1.29, 1.82) is 0 Å². The standard InChI is InChI=1S/C29H23NO5/c1-35-23-14-13-17-19-10-12-22-27-21(28(33)30(29(22)34)15-4-2-3-8-24(31)32)11-9-18(26(19)27)16-6-5-7-20(23)25(16)17/h5-7,9-14H,2-4,8,15H2,1H3,(H,31,32). The fraction of sp³-hybridized carbons (Fsp3) is 0.207. The molecule has 0 aliphatic carbocycles. The molecule has 1 heterocycles. The molecule has 2 amide bonds. The number of aliphatic carboxylic acids is 1. The van der Waals surface area contributed by atoms with Crippen molar-refractivity contribution in [1.82, 2.24) is 4.90 Å². The lowest BCUT2D eigenvalue weighted by Crippen LogP contribution is -2.40. The number of ether oxygens (including phenoxy) is 1. The van der Waals surface area contributed by atoms with Crippen molar-refractivity contribution in [3.05, 3.63) is 65.7 Å². The topological polar surface area (TPSA) is 83.9 Å². The zero-order valence-corrected chi connectivity index (χ0v) is 19.3. The molecule has 0 fully saturated rings. The van der Waals surface area contributed by atoms with Crippen LogP contribution in [0.5, 0.6) is 5.75 Å². The van der Waals surface area contributed by atoms with Gasteiger partial charge in [0, 0.05) is 40.3 Å². The Morgan fingerprint density at radius 3 is 2.00 bits per heavy atom. The van der Waals surface area contributed by atoms with E-state index in [9.17, 15) is 14.4 Å². The maximum atomic E-state index is 13.4. The molecule has 5 aromatic carbocycles. The van der Waals surface area contributed by atoms with Crippen LogP contribution in [0.25, 0.3) is 43.1 Å². The SMILES string of the molecule is COc1ccc2c3ccc4c5c(ccc(c6cccc1c62)c53)C(=O)N(CCCCCC(=O)O)C4=O. The number of hydrogen-bond donors (Lipinski definition) is 1. The van der Waals surface area contributed by atoms with Crippen LogP contribution < -0.4 is 4.74 Å². The molecule has 174 valence electrons. The number of fused-ring (bicyclic) bond motifs is 2. The summed E-state index contributed by atoms with van der Waals surface area (Å²) in [4.78, 5) is 38.9. The highest BCUT2D eigenvalue weighted by atomic mass is 16.5. The molecule has 0 unspecified atom stereocenters. The molecular formula is C29H23NO5. The van der Waals surface area contributed by atoms with Gasteiger partial charge in [0.25, 0.3) is 11.8 Å². The predicted molar refractivity (Wildman–Crippen MR) is 136 cm³/mol. The minimum Gasteiger partial charge on any atom is -0.496 e. The van der Waals surface area contributed by atoms with E-state index in [2.05, 4.69) is 12.1 Å². The lowest BCUT2D eigenvalue weighted by Gasteiger charge is -2.28. The fourth-order valence-electron chi connectivity index (χ4n) is 5.62. The summed E-state index contributed by atoms with van der Waals surface area (Å²) < 4.78 is 5.61. The molecule has 5 aromatic rings. The normalized spacial score (nSPS) is 13.6. The molecule has 0 bridgehead atoms. The van der Waals surface area contributed by atoms with E-state index in [1.54, 1.807) is 7.11 Å². The smallest absolute Gasteiger partial charge is 0.303 e. The summed E-state index contributed by atoms with van der Waals surface area (Å²) in [6.45, 7) is 0.281. The number of imide groups is 1. The van der Waals surface area contributed by atoms with Crippen molar-refractivity contribution >= 4 is 60.9 Å². The van der Waals surface area contributed by atoms with Crippen molar-refractivity contribution < 1.29 is 24.2 Å². The average molecular weight is 466 g/mol. The molecule has 6 nitrogen and oxygen atoms in total. The van der Waals surface area contributed by atoms with E-state index < -0.39 is 5.97 Å². The van der Waals surface area contributed by atoms with Crippen LogP contribution >= 0.6 is 0 Å². The zero-order valence-electron chi connectivity index (χ0n) is 19.3. The Balaban J connectivity index is 1.52. The second-order valence-corrected chi connectivity index (χ2v) is 9.08. The number of rotatable bonds is 7. The lowest BCUT2D eigenvalue weighted by molar-refractivity contribution is -0.137. The number of carboxylic acid groups (broad SMARTS) is 1. The fourth-order valence-corrected chi connectivity index (χ4v) is 5.62. The van der Waals surface area contributed by atoms with Crippen molar-refractivity contribution in [3.63, 3.8) is 0 Å². The van der Waals surface area contributed by atoms with E-state index in [1.165, 1.54) is 4.90 Å². The Bertz CT molecular complexity index is 1620. The molecule has 1 N–H and O–H groups in total. The summed E-state index contributed by atoms with van der Waals surface area (Å²) in [7, 11) is 1.67. The summed E-state index contributed by atoms with van der Waals surface area (Å²) in [6.07, 6.45) is 1.85. The van der Waals surface area contributed by atoms with E-state index in [0.29, 0.717) is 30.4 Å². The minimum absolute atomic E-state index is 0.0929. The summed E-state index contributed by atoms with van der Waals surface area (Å²) in [5.41, 5.74) is 1.07. The second-order valence-electron chi connectivity index (χ2n) is 9.08. The number of unbranched alkanes of at least 4 members (excludes halogenated alkanes) is 2. The Kier molecular flexibility index (Phi) is 4.85. The van der Waals surface area contributed by atoms with Gasteiger partial charge in [0.05, 0.1) is 7.11 Å². The van der Waals surface area contributed by atoms with E-state index in [1.807, 2.05) is 42.5 Å². The van der Waals surface area contributed by atoms with Gasteiger partial charge in [-0.25, -0.2) is 0 Å². The quantitative estimate of drug-likeness (QED) is 0.138. The number of benzene rings is 5. The Morgan fingerprint density at radius 1 is 0.743 bits per heavy atom. The molecular weight excluding hydrogens is 442 g/mol. The van der Waals surface area contributed by atoms with Gasteiger partial charge in [-0.2, -0.15) is 0 Å². The van der Waals surface area contributed by atoms with Gasteiger partial charge in [-0.05, 0) is 58.0 Å². The van der Waals surface area contributed by atoms with Gasteiger partial charge >= 0.3 is 5.97 Å². The molecule has 0 atom stereocenters. The van der Waals surface area contributed by atoms with E-state index in [0.717, 1.165) is 48.8 Å². The molecule has 0 aromatic heterocycles. The molecule has 0 radical (unpaired) electrons. The number of carboxylic acids is 1. The average Bonchev–Trinajstić information content (AvgIpc) is 2.87. The van der Waals surface area contributed by atoms with Gasteiger partial charge in [-0.3, -0.25) is 19.3 Å². The zero-order chi connectivity index (χ0) is 24.3. The third kappa shape index (κ3) is 3.06. The first-order valence-electron chi connectivity index (χ1n) is 11.8. The first kappa shape index (κ1) is 21.4. The van der Waals surface area contributed by atoms with Crippen LogP contribution in [-0.2, 0) is 4.79 Å². The van der Waals surface area contributed by atoms with Crippen LogP contribution in [0, 0.1) is 0 Å². The second kappa shape index (κ2) is 7.94. The number of carbonyl (C=O) groups is 3. The largest absolute Gasteiger partial charge is 0.496 e. The number of nitrogens with zero attached hydrogens (tertiary/aromatic N) is 1. The maximum Gasteiger partial charge on any atom is 0.303 e. The van der Waals surface area contributed by atoms with Gasteiger partial charge in [0.15, 0.2) is 0 Å². The minimum atomic E-state index is -0.834. The molecule has 6 rings (SSSR count). The van der Waals surface area contributed by atoms with Crippen molar-refractivity contribution in [2.45, 2.75) is 25.7 Å². The van der Waals surface area contributed by atoms with Gasteiger partial charge in [0.1, 0.15) is 5.75 Å². The van der Waals surface area contributed by atoms with Crippen LogP contribution in [0.3, 0.4) is 0 Å². The van der Waals surface area contributed by atoms with Gasteiger partial charge in [-0.15, -0.1) is 0 Å². The molecule has 6 heteroatoms. The van der Waals surface area contributed by atoms with Crippen molar-refractivity contribution in [3.8, 4) is 5.75 Å². The molecule has 1 aliphatic heterocycles. The summed E-state index contributed by atoms with van der Waals surface area (Å²) in [5, 5.41) is 16.8. The molecule has 1 aliphatic rings. The number of hydrogen-bond acceptors (Lipinski definition) is 4. The van der Waals surface area contributed by atoms with E-state index in [4.69, 9.17) is 9.84 Å². The van der Waals surface area contributed by atoms with Gasteiger partial charge in [-0.1, -0.05) is 42.8 Å². The lowest BCUT2D eigenvalue weighted by atomic mass is 9.84. The highest BCUT2D eigenvalue weighted by molar-refractivity contribution is 6.38. The number of methoxy groups -OCH3 is 1. The van der Waals surface area contributed by atoms with Crippen LogP contribution in [0.2, 0.25) is 0 Å². The van der Waals surface area contributed by atoms with Gasteiger partial charge < -0.3 is 9.84 Å². The molecule has 35 heavy (non-hydrogen) atoms. The van der Waals surface area contributed by atoms with Crippen LogP contribution in [0.1, 0.15) is 46.4 Å². The predicted octanol–water partition coefficient (Wildman–Crippen LogP) is 5.99. The van der Waals surface area contributed by atoms with E-state index >= 15 is 0 Å². The first-order chi connectivity index (χ1) is 17.0. The number of carbonyl (C=O) groups excluding carboxylic acids is 2. The monoisotopic (exact) mass is 465 g/mol. The molecule has 0 saturated carbocycles. The van der Waals surface area contributed by atoms with Crippen LogP contribution in [0.4, 0.5) is 0 Å². The Hall–Kier alpha value is -4.19. The third-order valence-electron chi connectivity index (χ3n) is 7.19. The summed E-state index contributed by atoms with van der Waals surface area (Å²) in [6, 6.07) is 17.8. The number of amides is 2. The molecule has 0 spiro atoms. The first-order valence-corrected chi connectivity index (χ1v) is 11.8. The summed E-state index contributed by atoms with van der Waals surface area (Å²) in [5.74, 6) is -0.602. The van der Waals surface area contributed by atoms with E-state index in [-0.39, 0.29) is 24.8 Å². The maximum absolute atomic E-state index is 13.4. The Labute approximate surface area is 201 Å². The summed E-state index contributed by atoms with van der Waals surface area (Å²) >= 11 is 0.